The van der Waals surface area contributed by atoms with E-state index in [0.717, 1.165) is 11.1 Å². The average molecular weight is 243 g/mol. The number of amides is 1. The molecule has 1 atom stereocenters. The molecule has 1 saturated heterocycles. The van der Waals surface area contributed by atoms with Gasteiger partial charge < -0.3 is 5.32 Å². The first-order valence-corrected chi connectivity index (χ1v) is 6.46. The monoisotopic (exact) mass is 243 g/mol. The topological polar surface area (TPSA) is 46.2 Å². The maximum absolute atomic E-state index is 12.2. The van der Waals surface area contributed by atoms with Gasteiger partial charge in [-0.15, -0.1) is 0 Å². The number of fused-ring (bicyclic) bond motifs is 2. The Morgan fingerprint density at radius 1 is 1.22 bits per heavy atom. The van der Waals surface area contributed by atoms with Gasteiger partial charge in [0.2, 0.25) is 5.91 Å². The van der Waals surface area contributed by atoms with E-state index in [0.29, 0.717) is 25.3 Å². The van der Waals surface area contributed by atoms with Crippen LogP contribution in [0.4, 0.5) is 0 Å². The number of carbonyl (C=O) groups is 2. The molecule has 1 aromatic rings. The Hall–Kier alpha value is -1.64. The van der Waals surface area contributed by atoms with Crippen LogP contribution in [0.2, 0.25) is 0 Å². The summed E-state index contributed by atoms with van der Waals surface area (Å²) in [6, 6.07) is 6.16. The molecule has 0 saturated carbocycles. The van der Waals surface area contributed by atoms with Crippen LogP contribution in [-0.4, -0.2) is 18.2 Å². The molecule has 3 nitrogen and oxygen atoms in total. The lowest BCUT2D eigenvalue weighted by Gasteiger charge is -2.21. The number of ketones is 1. The van der Waals surface area contributed by atoms with Gasteiger partial charge in [0.25, 0.3) is 0 Å². The van der Waals surface area contributed by atoms with Gasteiger partial charge >= 0.3 is 0 Å². The summed E-state index contributed by atoms with van der Waals surface area (Å²) < 4.78 is 0. The fourth-order valence-corrected chi connectivity index (χ4v) is 3.13. The van der Waals surface area contributed by atoms with E-state index in [1.54, 1.807) is 0 Å². The second-order valence-corrected chi connectivity index (χ2v) is 5.79. The SMILES string of the molecule is CC(C)c1ccc2c(c1)C(=O)CC21CNC(=O)C1. The highest BCUT2D eigenvalue weighted by molar-refractivity contribution is 6.04. The fourth-order valence-electron chi connectivity index (χ4n) is 3.13. The van der Waals surface area contributed by atoms with Gasteiger partial charge in [-0.1, -0.05) is 26.0 Å². The highest BCUT2D eigenvalue weighted by atomic mass is 16.2. The molecule has 1 aromatic carbocycles. The van der Waals surface area contributed by atoms with Crippen LogP contribution in [-0.2, 0) is 10.2 Å². The number of hydrogen-bond donors (Lipinski definition) is 1. The molecule has 0 bridgehead atoms. The predicted octanol–water partition coefficient (Wildman–Crippen LogP) is 2.15. The van der Waals surface area contributed by atoms with Crippen LogP contribution < -0.4 is 5.32 Å². The summed E-state index contributed by atoms with van der Waals surface area (Å²) in [6.07, 6.45) is 0.926. The minimum atomic E-state index is -0.265. The fraction of sp³-hybridized carbons (Fsp3) is 0.467. The van der Waals surface area contributed by atoms with Crippen LogP contribution in [0.1, 0.15) is 54.1 Å². The van der Waals surface area contributed by atoms with E-state index in [-0.39, 0.29) is 17.1 Å². The average Bonchev–Trinajstić information content (AvgIpc) is 2.82. The van der Waals surface area contributed by atoms with Crippen LogP contribution >= 0.6 is 0 Å². The lowest BCUT2D eigenvalue weighted by molar-refractivity contribution is -0.119. The largest absolute Gasteiger partial charge is 0.355 e. The third kappa shape index (κ3) is 1.50. The van der Waals surface area contributed by atoms with Crippen molar-refractivity contribution < 1.29 is 9.59 Å². The number of carbonyl (C=O) groups excluding carboxylic acids is 2. The third-order valence-corrected chi connectivity index (χ3v) is 4.20. The Balaban J connectivity index is 2.10. The lowest BCUT2D eigenvalue weighted by atomic mass is 9.80. The van der Waals surface area contributed by atoms with Gasteiger partial charge in [0, 0.05) is 30.4 Å². The number of nitrogens with one attached hydrogen (secondary N) is 1. The van der Waals surface area contributed by atoms with Gasteiger partial charge in [-0.05, 0) is 23.1 Å². The van der Waals surface area contributed by atoms with Gasteiger partial charge in [0.1, 0.15) is 0 Å². The Morgan fingerprint density at radius 2 is 2.00 bits per heavy atom. The quantitative estimate of drug-likeness (QED) is 0.821. The number of benzene rings is 1. The zero-order valence-electron chi connectivity index (χ0n) is 10.7. The summed E-state index contributed by atoms with van der Waals surface area (Å²) in [5.41, 5.74) is 2.82. The molecule has 2 aliphatic rings. The maximum atomic E-state index is 12.2. The van der Waals surface area contributed by atoms with Crippen molar-refractivity contribution in [3.8, 4) is 0 Å². The molecule has 94 valence electrons. The first-order chi connectivity index (χ1) is 8.52. The van der Waals surface area contributed by atoms with E-state index >= 15 is 0 Å². The van der Waals surface area contributed by atoms with Crippen molar-refractivity contribution in [3.63, 3.8) is 0 Å². The van der Waals surface area contributed by atoms with Gasteiger partial charge in [0.15, 0.2) is 5.78 Å². The summed E-state index contributed by atoms with van der Waals surface area (Å²) in [4.78, 5) is 23.6. The van der Waals surface area contributed by atoms with E-state index in [4.69, 9.17) is 0 Å². The van der Waals surface area contributed by atoms with Crippen molar-refractivity contribution in [2.75, 3.05) is 6.54 Å². The van der Waals surface area contributed by atoms with Crippen molar-refractivity contribution >= 4 is 11.7 Å². The normalized spacial score (nSPS) is 25.9. The van der Waals surface area contributed by atoms with E-state index in [2.05, 4.69) is 31.3 Å². The van der Waals surface area contributed by atoms with Crippen LogP contribution in [0.25, 0.3) is 0 Å². The van der Waals surface area contributed by atoms with E-state index in [1.165, 1.54) is 5.56 Å². The van der Waals surface area contributed by atoms with Crippen molar-refractivity contribution in [2.45, 2.75) is 38.0 Å². The summed E-state index contributed by atoms with van der Waals surface area (Å²) >= 11 is 0. The minimum absolute atomic E-state index is 0.0589. The Labute approximate surface area is 107 Å². The number of Topliss-reactive ketones (excluding diaryl/α,β-unsaturated/α-hetero) is 1. The van der Waals surface area contributed by atoms with Crippen molar-refractivity contribution in [1.29, 1.82) is 0 Å². The second-order valence-electron chi connectivity index (χ2n) is 5.79. The summed E-state index contributed by atoms with van der Waals surface area (Å²) in [5, 5.41) is 2.86. The smallest absolute Gasteiger partial charge is 0.221 e. The van der Waals surface area contributed by atoms with Crippen LogP contribution in [0.5, 0.6) is 0 Å². The molecule has 18 heavy (non-hydrogen) atoms. The van der Waals surface area contributed by atoms with E-state index < -0.39 is 0 Å². The zero-order chi connectivity index (χ0) is 12.9. The standard InChI is InChI=1S/C15H17NO2/c1-9(2)10-3-4-12-11(5-10)13(17)6-15(12)7-14(18)16-8-15/h3-5,9H,6-8H2,1-2H3,(H,16,18). The number of rotatable bonds is 1. The first kappa shape index (κ1) is 11.5. The highest BCUT2D eigenvalue weighted by Gasteiger charge is 2.48. The summed E-state index contributed by atoms with van der Waals surface area (Å²) in [5.74, 6) is 0.663. The van der Waals surface area contributed by atoms with Gasteiger partial charge in [-0.3, -0.25) is 9.59 Å². The molecule has 0 radical (unpaired) electrons. The van der Waals surface area contributed by atoms with E-state index in [1.807, 2.05) is 6.07 Å². The molecule has 3 rings (SSSR count). The molecule has 1 N–H and O–H groups in total. The Morgan fingerprint density at radius 3 is 2.61 bits per heavy atom. The molecule has 3 heteroatoms. The molecule has 1 aliphatic carbocycles. The lowest BCUT2D eigenvalue weighted by Crippen LogP contribution is -2.26. The molecule has 1 amide bonds. The minimum Gasteiger partial charge on any atom is -0.355 e. The molecule has 1 spiro atoms. The van der Waals surface area contributed by atoms with Gasteiger partial charge in [-0.2, -0.15) is 0 Å². The molecule has 1 aliphatic heterocycles. The van der Waals surface area contributed by atoms with Gasteiger partial charge in [0.05, 0.1) is 0 Å². The third-order valence-electron chi connectivity index (χ3n) is 4.20. The molecule has 1 fully saturated rings. The zero-order valence-corrected chi connectivity index (χ0v) is 10.7. The Bertz CT molecular complexity index is 547. The second kappa shape index (κ2) is 3.67. The molecular weight excluding hydrogens is 226 g/mol. The molecular formula is C15H17NO2. The Kier molecular flexibility index (Phi) is 2.34. The first-order valence-electron chi connectivity index (χ1n) is 6.46. The maximum Gasteiger partial charge on any atom is 0.221 e. The predicted molar refractivity (Wildman–Crippen MR) is 68.8 cm³/mol. The number of hydrogen-bond acceptors (Lipinski definition) is 2. The van der Waals surface area contributed by atoms with Crippen molar-refractivity contribution in [1.82, 2.24) is 5.32 Å². The van der Waals surface area contributed by atoms with Crippen molar-refractivity contribution in [3.05, 3.63) is 34.9 Å². The van der Waals surface area contributed by atoms with Crippen molar-refractivity contribution in [2.24, 2.45) is 0 Å². The summed E-state index contributed by atoms with van der Waals surface area (Å²) in [6.45, 7) is 4.85. The van der Waals surface area contributed by atoms with Crippen LogP contribution in [0, 0.1) is 0 Å². The van der Waals surface area contributed by atoms with E-state index in [9.17, 15) is 9.59 Å². The van der Waals surface area contributed by atoms with Gasteiger partial charge in [-0.25, -0.2) is 0 Å². The van der Waals surface area contributed by atoms with Crippen LogP contribution in [0.15, 0.2) is 18.2 Å². The molecule has 1 unspecified atom stereocenters. The molecule has 1 heterocycles. The molecule has 0 aromatic heterocycles. The summed E-state index contributed by atoms with van der Waals surface area (Å²) in [7, 11) is 0. The van der Waals surface area contributed by atoms with Crippen LogP contribution in [0.3, 0.4) is 0 Å². The highest BCUT2D eigenvalue weighted by Crippen LogP contribution is 2.44.